The molecule has 2 amide bonds. The second-order valence-corrected chi connectivity index (χ2v) is 8.67. The molecule has 3 N–H and O–H groups in total. The third-order valence-corrected chi connectivity index (χ3v) is 6.17. The average molecular weight is 470 g/mol. The van der Waals surface area contributed by atoms with Crippen molar-refractivity contribution in [3.05, 3.63) is 41.3 Å². The highest BCUT2D eigenvalue weighted by Crippen LogP contribution is 2.37. The molecule has 5 heterocycles. The molecule has 0 spiro atoms. The van der Waals surface area contributed by atoms with Crippen molar-refractivity contribution in [1.29, 1.82) is 0 Å². The minimum absolute atomic E-state index is 0.0327. The number of rotatable bonds is 0. The van der Waals surface area contributed by atoms with E-state index in [2.05, 4.69) is 35.7 Å². The third-order valence-electron chi connectivity index (χ3n) is 5.86. The molecular formula is C22H24ClN7O3. The van der Waals surface area contributed by atoms with E-state index < -0.39 is 0 Å². The highest BCUT2D eigenvalue weighted by molar-refractivity contribution is 6.33. The summed E-state index contributed by atoms with van der Waals surface area (Å²) < 4.78 is 5.66. The molecule has 2 aromatic rings. The summed E-state index contributed by atoms with van der Waals surface area (Å²) in [7, 11) is 0. The van der Waals surface area contributed by atoms with E-state index >= 15 is 0 Å². The summed E-state index contributed by atoms with van der Waals surface area (Å²) in [4.78, 5) is 38.3. The van der Waals surface area contributed by atoms with Gasteiger partial charge in [-0.3, -0.25) is 14.5 Å². The van der Waals surface area contributed by atoms with Crippen LogP contribution in [0, 0.1) is 0 Å². The molecule has 11 heteroatoms. The smallest absolute Gasteiger partial charge is 0.259 e. The zero-order chi connectivity index (χ0) is 22.9. The van der Waals surface area contributed by atoms with Crippen LogP contribution in [0.2, 0.25) is 5.02 Å². The van der Waals surface area contributed by atoms with Gasteiger partial charge in [0.1, 0.15) is 23.7 Å². The molecule has 1 aromatic carbocycles. The largest absolute Gasteiger partial charge is 0.482 e. The maximum absolute atomic E-state index is 12.7. The van der Waals surface area contributed by atoms with Crippen LogP contribution in [0.4, 0.5) is 17.3 Å². The van der Waals surface area contributed by atoms with Crippen molar-refractivity contribution in [2.75, 3.05) is 54.9 Å². The second-order valence-electron chi connectivity index (χ2n) is 8.27. The molecule has 172 valence electrons. The molecular weight excluding hydrogens is 446 g/mol. The Kier molecular flexibility index (Phi) is 5.77. The number of halogens is 1. The van der Waals surface area contributed by atoms with E-state index in [0.717, 1.165) is 38.5 Å². The number of amides is 2. The molecule has 0 aliphatic carbocycles. The van der Waals surface area contributed by atoms with Crippen LogP contribution in [-0.2, 0) is 9.59 Å². The lowest BCUT2D eigenvalue weighted by Crippen LogP contribution is -2.51. The van der Waals surface area contributed by atoms with Gasteiger partial charge in [0.15, 0.2) is 6.61 Å². The van der Waals surface area contributed by atoms with Gasteiger partial charge in [-0.15, -0.1) is 0 Å². The summed E-state index contributed by atoms with van der Waals surface area (Å²) in [5, 5.41) is 9.33. The van der Waals surface area contributed by atoms with Crippen molar-refractivity contribution < 1.29 is 14.3 Å². The van der Waals surface area contributed by atoms with E-state index in [-0.39, 0.29) is 24.5 Å². The average Bonchev–Trinajstić information content (AvgIpc) is 3.12. The number of piperazine rings is 1. The molecule has 10 nitrogen and oxygen atoms in total. The standard InChI is InChI=1S/C22H24ClN7O3/c1-13-10-29-4-6-30(7-5-29)21-19-15(22(32)28-20(19)25-12-26-21)9-24-14-2-3-16(23)17(8-14)33-11-18(31)27-13/h2-3,8-9,12-13,24H,4-7,10-11H2,1H3,(H,27,31)(H,25,26,28,32)/b15-9-/t13-/m0/s1. The molecule has 33 heavy (non-hydrogen) atoms. The zero-order valence-electron chi connectivity index (χ0n) is 18.1. The summed E-state index contributed by atoms with van der Waals surface area (Å²) in [6.07, 6.45) is 3.11. The lowest BCUT2D eigenvalue weighted by atomic mass is 10.1. The maximum atomic E-state index is 12.7. The molecule has 4 aliphatic heterocycles. The Morgan fingerprint density at radius 2 is 1.97 bits per heavy atom. The van der Waals surface area contributed by atoms with Gasteiger partial charge in [-0.05, 0) is 19.1 Å². The predicted molar refractivity (Wildman–Crippen MR) is 125 cm³/mol. The minimum atomic E-state index is -0.247. The summed E-state index contributed by atoms with van der Waals surface area (Å²) in [5.74, 6) is 1.15. The summed E-state index contributed by atoms with van der Waals surface area (Å²) >= 11 is 6.25. The number of ether oxygens (including phenoxy) is 1. The van der Waals surface area contributed by atoms with Crippen molar-refractivity contribution in [1.82, 2.24) is 20.2 Å². The van der Waals surface area contributed by atoms with E-state index in [4.69, 9.17) is 16.3 Å². The van der Waals surface area contributed by atoms with Crippen LogP contribution in [0.25, 0.3) is 5.57 Å². The maximum Gasteiger partial charge on any atom is 0.259 e. The van der Waals surface area contributed by atoms with Crippen LogP contribution in [0.3, 0.4) is 0 Å². The number of aromatic nitrogens is 2. The number of benzene rings is 1. The van der Waals surface area contributed by atoms with Gasteiger partial charge in [0.05, 0.1) is 16.2 Å². The van der Waals surface area contributed by atoms with Crippen LogP contribution in [0.15, 0.2) is 30.7 Å². The quantitative estimate of drug-likeness (QED) is 0.533. The van der Waals surface area contributed by atoms with Gasteiger partial charge in [0.25, 0.3) is 11.8 Å². The van der Waals surface area contributed by atoms with Gasteiger partial charge in [-0.1, -0.05) is 11.6 Å². The fourth-order valence-corrected chi connectivity index (χ4v) is 4.45. The monoisotopic (exact) mass is 469 g/mol. The molecule has 1 saturated heterocycles. The lowest BCUT2D eigenvalue weighted by molar-refractivity contribution is -0.123. The first-order valence-electron chi connectivity index (χ1n) is 10.8. The number of carbonyl (C=O) groups excluding carboxylic acids is 2. The van der Waals surface area contributed by atoms with Crippen LogP contribution in [-0.4, -0.2) is 72.1 Å². The molecule has 4 aliphatic rings. The normalized spacial score (nSPS) is 24.3. The van der Waals surface area contributed by atoms with E-state index in [9.17, 15) is 9.59 Å². The fraction of sp³-hybridized carbons (Fsp3) is 0.364. The van der Waals surface area contributed by atoms with Gasteiger partial charge in [0.2, 0.25) is 0 Å². The van der Waals surface area contributed by atoms with Gasteiger partial charge in [-0.25, -0.2) is 9.97 Å². The zero-order valence-corrected chi connectivity index (χ0v) is 18.9. The Balaban J connectivity index is 1.52. The van der Waals surface area contributed by atoms with Crippen LogP contribution in [0.5, 0.6) is 5.75 Å². The van der Waals surface area contributed by atoms with Crippen molar-refractivity contribution in [3.63, 3.8) is 0 Å². The Bertz CT molecular complexity index is 1130. The SMILES string of the molecule is C[C@H]1CN2CCN(CC2)c2ncnc3c2/C(=C/Nc2ccc(Cl)c(c2)OCC(=O)N1)C(=O)N3. The first-order chi connectivity index (χ1) is 16.0. The number of nitrogens with zero attached hydrogens (tertiary/aromatic N) is 4. The highest BCUT2D eigenvalue weighted by atomic mass is 35.5. The lowest BCUT2D eigenvalue weighted by Gasteiger charge is -2.37. The number of hydrogen-bond donors (Lipinski definition) is 3. The number of fused-ring (bicyclic) bond motifs is 8. The third kappa shape index (κ3) is 4.44. The van der Waals surface area contributed by atoms with E-state index in [1.165, 1.54) is 6.33 Å². The molecule has 0 saturated carbocycles. The van der Waals surface area contributed by atoms with Gasteiger partial charge in [-0.2, -0.15) is 0 Å². The van der Waals surface area contributed by atoms with Gasteiger partial charge < -0.3 is 25.6 Å². The van der Waals surface area contributed by atoms with Crippen LogP contribution in [0.1, 0.15) is 12.5 Å². The Morgan fingerprint density at radius 1 is 1.15 bits per heavy atom. The molecule has 1 fully saturated rings. The predicted octanol–water partition coefficient (Wildman–Crippen LogP) is 1.55. The van der Waals surface area contributed by atoms with Crippen molar-refractivity contribution in [3.8, 4) is 5.75 Å². The number of nitrogens with one attached hydrogen (secondary N) is 3. The molecule has 1 atom stereocenters. The van der Waals surface area contributed by atoms with E-state index in [0.29, 0.717) is 33.4 Å². The van der Waals surface area contributed by atoms with Crippen LogP contribution >= 0.6 is 11.6 Å². The summed E-state index contributed by atoms with van der Waals surface area (Å²) in [6, 6.07) is 5.09. The van der Waals surface area contributed by atoms with Crippen molar-refractivity contribution >= 4 is 46.3 Å². The highest BCUT2D eigenvalue weighted by Gasteiger charge is 2.32. The number of carbonyl (C=O) groups is 2. The Labute approximate surface area is 196 Å². The molecule has 1 aromatic heterocycles. The molecule has 0 unspecified atom stereocenters. The molecule has 0 radical (unpaired) electrons. The minimum Gasteiger partial charge on any atom is -0.482 e. The first-order valence-corrected chi connectivity index (χ1v) is 11.2. The van der Waals surface area contributed by atoms with Gasteiger partial charge in [0, 0.05) is 56.7 Å². The fourth-order valence-electron chi connectivity index (χ4n) is 4.28. The second kappa shape index (κ2) is 8.87. The number of hydrogen-bond acceptors (Lipinski definition) is 8. The molecule has 4 bridgehead atoms. The van der Waals surface area contributed by atoms with E-state index in [1.54, 1.807) is 24.4 Å². The Hall–Kier alpha value is -3.37. The van der Waals surface area contributed by atoms with Crippen molar-refractivity contribution in [2.45, 2.75) is 13.0 Å². The summed E-state index contributed by atoms with van der Waals surface area (Å²) in [6.45, 7) is 5.70. The molecule has 6 rings (SSSR count). The van der Waals surface area contributed by atoms with Crippen LogP contribution < -0.4 is 25.6 Å². The topological polar surface area (TPSA) is 112 Å². The van der Waals surface area contributed by atoms with Crippen molar-refractivity contribution in [2.24, 2.45) is 0 Å². The van der Waals surface area contributed by atoms with E-state index in [1.807, 2.05) is 6.92 Å². The first kappa shape index (κ1) is 21.5. The number of anilines is 3. The Morgan fingerprint density at radius 3 is 2.79 bits per heavy atom. The van der Waals surface area contributed by atoms with Gasteiger partial charge >= 0.3 is 0 Å². The summed E-state index contributed by atoms with van der Waals surface area (Å²) in [5.41, 5.74) is 1.80.